The fourth-order valence-corrected chi connectivity index (χ4v) is 4.89. The number of fused-ring (bicyclic) bond motifs is 8. The van der Waals surface area contributed by atoms with E-state index in [0.717, 1.165) is 44.4 Å². The average molecular weight is 356 g/mol. The van der Waals surface area contributed by atoms with Crippen LogP contribution in [0.3, 0.4) is 0 Å². The van der Waals surface area contributed by atoms with Gasteiger partial charge < -0.3 is 9.32 Å². The Kier molecular flexibility index (Phi) is 2.54. The maximum atomic E-state index is 9.49. The molecule has 1 aliphatic heterocycles. The first-order valence-electron chi connectivity index (χ1n) is 10.5. The number of furan rings is 1. The number of hydrogen-bond donors (Lipinski definition) is 0. The monoisotopic (exact) mass is 356 g/mol. The van der Waals surface area contributed by atoms with Crippen molar-refractivity contribution >= 4 is 27.8 Å². The zero-order valence-electron chi connectivity index (χ0n) is 17.7. The minimum absolute atomic E-state index is 0.137. The molecule has 3 atom stereocenters. The predicted octanol–water partition coefficient (Wildman–Crippen LogP) is 6.03. The van der Waals surface area contributed by atoms with Gasteiger partial charge in [-0.05, 0) is 56.0 Å². The first-order valence-corrected chi connectivity index (χ1v) is 9.53. The molecule has 0 spiro atoms. The van der Waals surface area contributed by atoms with Gasteiger partial charge in [0.15, 0.2) is 5.58 Å². The second-order valence-electron chi connectivity index (χ2n) is 7.76. The van der Waals surface area contributed by atoms with Gasteiger partial charge in [0, 0.05) is 29.8 Å². The summed E-state index contributed by atoms with van der Waals surface area (Å²) in [4.78, 5) is 6.70. The maximum absolute atomic E-state index is 9.49. The third-order valence-electron chi connectivity index (χ3n) is 6.19. The van der Waals surface area contributed by atoms with Crippen LogP contribution < -0.4 is 4.90 Å². The van der Waals surface area contributed by atoms with E-state index in [4.69, 9.17) is 4.42 Å². The molecular formula is C24H22N2O. The van der Waals surface area contributed by atoms with Crippen LogP contribution in [-0.2, 0) is 0 Å². The van der Waals surface area contributed by atoms with Crippen molar-refractivity contribution < 1.29 is 7.16 Å². The van der Waals surface area contributed by atoms with Gasteiger partial charge in [0.25, 0.3) is 0 Å². The number of nitrogens with zero attached hydrogens (tertiary/aromatic N) is 2. The van der Waals surface area contributed by atoms with E-state index in [-0.39, 0.29) is 6.04 Å². The predicted molar refractivity (Wildman–Crippen MR) is 109 cm³/mol. The van der Waals surface area contributed by atoms with E-state index >= 15 is 0 Å². The molecule has 0 amide bonds. The zero-order chi connectivity index (χ0) is 20.1. The summed E-state index contributed by atoms with van der Waals surface area (Å²) in [5, 5.41) is 2.00. The molecule has 27 heavy (non-hydrogen) atoms. The summed E-state index contributed by atoms with van der Waals surface area (Å²) in [6.07, 6.45) is 0.466. The fraction of sp³-hybridized carbons (Fsp3) is 0.292. The van der Waals surface area contributed by atoms with E-state index in [1.807, 2.05) is 37.3 Å². The average Bonchev–Trinajstić information content (AvgIpc) is 3.24. The topological polar surface area (TPSA) is 29.3 Å². The molecule has 2 bridgehead atoms. The number of hydrogen-bond acceptors (Lipinski definition) is 3. The lowest BCUT2D eigenvalue weighted by Gasteiger charge is -2.37. The van der Waals surface area contributed by atoms with Crippen LogP contribution in [-0.4, -0.2) is 11.0 Å². The normalized spacial score (nSPS) is 30.0. The Hall–Kier alpha value is -2.81. The number of anilines is 1. The second-order valence-corrected chi connectivity index (χ2v) is 7.76. The molecule has 3 heteroatoms. The first kappa shape index (κ1) is 13.4. The highest BCUT2D eigenvalue weighted by atomic mass is 16.3. The number of benzene rings is 2. The number of rotatable bonds is 1. The summed E-state index contributed by atoms with van der Waals surface area (Å²) in [6.45, 7) is 6.09. The summed E-state index contributed by atoms with van der Waals surface area (Å²) in [5.74, 6) is -0.798. The summed E-state index contributed by atoms with van der Waals surface area (Å²) >= 11 is 0. The Morgan fingerprint density at radius 3 is 2.67 bits per heavy atom. The molecule has 1 aliphatic carbocycles. The Balaban J connectivity index is 1.67. The Morgan fingerprint density at radius 1 is 1.04 bits per heavy atom. The molecule has 134 valence electrons. The highest BCUT2D eigenvalue weighted by Gasteiger charge is 2.48. The Morgan fingerprint density at radius 2 is 1.81 bits per heavy atom. The van der Waals surface area contributed by atoms with Crippen molar-refractivity contribution in [1.29, 1.82) is 0 Å². The summed E-state index contributed by atoms with van der Waals surface area (Å²) in [5.41, 5.74) is 6.22. The molecule has 2 aromatic heterocycles. The van der Waals surface area contributed by atoms with Gasteiger partial charge in [-0.1, -0.05) is 36.4 Å². The molecule has 3 heterocycles. The standard InChI is InChI=1S/C24H22N2O/c1-13-8-10-18-19-11-9-14(2)25-24(19)27-23(18)22(13)26-15(3)20-12-21(26)17-7-5-4-6-16(17)20/h4-11,15,20-21H,12H2,1-3H3/i20D,21D. The molecule has 2 aliphatic rings. The minimum Gasteiger partial charge on any atom is -0.436 e. The quantitative estimate of drug-likeness (QED) is 0.417. The Bertz CT molecular complexity index is 1330. The second kappa shape index (κ2) is 5.13. The summed E-state index contributed by atoms with van der Waals surface area (Å²) < 4.78 is 25.0. The van der Waals surface area contributed by atoms with Crippen molar-refractivity contribution in [3.05, 3.63) is 70.9 Å². The highest BCUT2D eigenvalue weighted by Crippen LogP contribution is 2.56. The van der Waals surface area contributed by atoms with Gasteiger partial charge in [-0.2, -0.15) is 0 Å². The molecule has 3 unspecified atom stereocenters. The molecule has 1 saturated heterocycles. The van der Waals surface area contributed by atoms with Crippen LogP contribution in [0.15, 0.2) is 52.9 Å². The van der Waals surface area contributed by atoms with Crippen molar-refractivity contribution in [1.82, 2.24) is 4.98 Å². The number of aromatic nitrogens is 1. The van der Waals surface area contributed by atoms with E-state index < -0.39 is 11.9 Å². The first-order chi connectivity index (χ1) is 13.8. The molecule has 0 radical (unpaired) electrons. The molecule has 0 N–H and O–H groups in total. The fourth-order valence-electron chi connectivity index (χ4n) is 4.89. The van der Waals surface area contributed by atoms with Crippen molar-refractivity contribution in [2.45, 2.75) is 45.1 Å². The number of aryl methyl sites for hydroxylation is 2. The van der Waals surface area contributed by atoms with Gasteiger partial charge >= 0.3 is 0 Å². The van der Waals surface area contributed by atoms with E-state index in [2.05, 4.69) is 41.9 Å². The van der Waals surface area contributed by atoms with Gasteiger partial charge in [-0.25, -0.2) is 4.98 Å². The third-order valence-corrected chi connectivity index (χ3v) is 6.19. The van der Waals surface area contributed by atoms with Gasteiger partial charge in [0.1, 0.15) is 0 Å². The lowest BCUT2D eigenvalue weighted by atomic mass is 9.92. The summed E-state index contributed by atoms with van der Waals surface area (Å²) in [7, 11) is 0. The van der Waals surface area contributed by atoms with Crippen LogP contribution in [0.5, 0.6) is 0 Å². The van der Waals surface area contributed by atoms with Crippen molar-refractivity contribution in [3.63, 3.8) is 0 Å². The lowest BCUT2D eigenvalue weighted by Crippen LogP contribution is -2.35. The minimum atomic E-state index is -0.973. The molecule has 0 saturated carbocycles. The molecule has 1 fully saturated rings. The van der Waals surface area contributed by atoms with Gasteiger partial charge in [-0.15, -0.1) is 0 Å². The van der Waals surface area contributed by atoms with Crippen LogP contribution in [0.2, 0.25) is 0 Å². The molecule has 3 nitrogen and oxygen atoms in total. The van der Waals surface area contributed by atoms with E-state index in [1.165, 1.54) is 0 Å². The zero-order valence-corrected chi connectivity index (χ0v) is 15.7. The summed E-state index contributed by atoms with van der Waals surface area (Å²) in [6, 6.07) is 15.1. The SMILES string of the molecule is [2H]C12CC([2H])(c3ccccc31)N(c1c(C)ccc3c1oc1nc(C)ccc13)C2C. The molecular weight excluding hydrogens is 332 g/mol. The van der Waals surface area contributed by atoms with Gasteiger partial charge in [0.05, 0.1) is 13.1 Å². The molecule has 4 aromatic rings. The van der Waals surface area contributed by atoms with Crippen LogP contribution in [0.1, 0.15) is 50.4 Å². The smallest absolute Gasteiger partial charge is 0.227 e. The van der Waals surface area contributed by atoms with Crippen LogP contribution in [0.25, 0.3) is 22.1 Å². The van der Waals surface area contributed by atoms with Gasteiger partial charge in [0.2, 0.25) is 5.71 Å². The van der Waals surface area contributed by atoms with E-state index in [9.17, 15) is 2.74 Å². The van der Waals surface area contributed by atoms with Crippen molar-refractivity contribution in [2.24, 2.45) is 0 Å². The number of pyridine rings is 1. The van der Waals surface area contributed by atoms with Crippen LogP contribution in [0, 0.1) is 13.8 Å². The Labute approximate surface area is 161 Å². The van der Waals surface area contributed by atoms with Gasteiger partial charge in [-0.3, -0.25) is 0 Å². The van der Waals surface area contributed by atoms with E-state index in [0.29, 0.717) is 12.1 Å². The maximum Gasteiger partial charge on any atom is 0.227 e. The highest BCUT2D eigenvalue weighted by molar-refractivity contribution is 6.08. The van der Waals surface area contributed by atoms with Crippen LogP contribution >= 0.6 is 0 Å². The van der Waals surface area contributed by atoms with Crippen molar-refractivity contribution in [3.8, 4) is 0 Å². The lowest BCUT2D eigenvalue weighted by molar-refractivity contribution is 0.603. The van der Waals surface area contributed by atoms with Crippen LogP contribution in [0.4, 0.5) is 5.69 Å². The molecule has 6 rings (SSSR count). The van der Waals surface area contributed by atoms with Crippen molar-refractivity contribution in [2.75, 3.05) is 4.90 Å². The third kappa shape index (κ3) is 1.89. The molecule has 2 aromatic carbocycles. The largest absolute Gasteiger partial charge is 0.436 e. The van der Waals surface area contributed by atoms with E-state index in [1.54, 1.807) is 0 Å².